The lowest BCUT2D eigenvalue weighted by atomic mass is 10.0. The summed E-state index contributed by atoms with van der Waals surface area (Å²) in [6.07, 6.45) is 1.47. The van der Waals surface area contributed by atoms with Gasteiger partial charge in [-0.25, -0.2) is 9.66 Å². The number of fused-ring (bicyclic) bond motifs is 1. The Bertz CT molecular complexity index is 1210. The molecular weight excluding hydrogens is 388 g/mol. The largest absolute Gasteiger partial charge is 0.331 e. The van der Waals surface area contributed by atoms with E-state index in [0.29, 0.717) is 10.5 Å². The molecule has 0 aliphatic heterocycles. The van der Waals surface area contributed by atoms with E-state index in [0.717, 1.165) is 32.1 Å². The van der Waals surface area contributed by atoms with Gasteiger partial charge in [0.05, 0.1) is 5.39 Å². The number of hydrogen-bond acceptors (Lipinski definition) is 4. The summed E-state index contributed by atoms with van der Waals surface area (Å²) in [5, 5.41) is 4.00. The summed E-state index contributed by atoms with van der Waals surface area (Å²) in [7, 11) is 0. The van der Waals surface area contributed by atoms with Crippen LogP contribution in [0.25, 0.3) is 21.3 Å². The first-order valence-corrected chi connectivity index (χ1v) is 9.96. The molecule has 0 amide bonds. The van der Waals surface area contributed by atoms with Gasteiger partial charge in [0.15, 0.2) is 5.11 Å². The van der Waals surface area contributed by atoms with Crippen molar-refractivity contribution in [2.75, 3.05) is 10.7 Å². The first-order valence-electron chi connectivity index (χ1n) is 8.74. The topological polar surface area (TPSA) is 58.9 Å². The van der Waals surface area contributed by atoms with E-state index in [1.807, 2.05) is 68.4 Å². The second-order valence-corrected chi connectivity index (χ2v) is 8.04. The van der Waals surface area contributed by atoms with Gasteiger partial charge in [0.25, 0.3) is 5.56 Å². The summed E-state index contributed by atoms with van der Waals surface area (Å²) in [4.78, 5) is 19.4. The lowest BCUT2D eigenvalue weighted by molar-refractivity contribution is 0.899. The van der Waals surface area contributed by atoms with Crippen molar-refractivity contribution in [1.29, 1.82) is 0 Å². The Balaban J connectivity index is 1.69. The van der Waals surface area contributed by atoms with Crippen LogP contribution < -0.4 is 16.3 Å². The molecule has 5 nitrogen and oxygen atoms in total. The maximum Gasteiger partial charge on any atom is 0.281 e. The van der Waals surface area contributed by atoms with E-state index in [9.17, 15) is 4.79 Å². The van der Waals surface area contributed by atoms with Crippen molar-refractivity contribution in [3.05, 3.63) is 81.7 Å². The molecule has 2 aromatic carbocycles. The lowest BCUT2D eigenvalue weighted by Gasteiger charge is -2.12. The number of nitrogens with zero attached hydrogens (tertiary/aromatic N) is 2. The number of rotatable bonds is 3. The Morgan fingerprint density at radius 1 is 1.07 bits per heavy atom. The van der Waals surface area contributed by atoms with Crippen molar-refractivity contribution in [1.82, 2.24) is 9.66 Å². The maximum absolute atomic E-state index is 13.1. The molecular formula is C21H18N4OS2. The maximum atomic E-state index is 13.1. The van der Waals surface area contributed by atoms with Crippen LogP contribution in [0, 0.1) is 13.8 Å². The molecule has 0 saturated heterocycles. The van der Waals surface area contributed by atoms with Gasteiger partial charge in [-0.2, -0.15) is 0 Å². The minimum absolute atomic E-state index is 0.179. The van der Waals surface area contributed by atoms with Crippen LogP contribution in [0.1, 0.15) is 10.4 Å². The van der Waals surface area contributed by atoms with Crippen LogP contribution >= 0.6 is 23.6 Å². The lowest BCUT2D eigenvalue weighted by Crippen LogP contribution is -2.35. The Morgan fingerprint density at radius 2 is 1.79 bits per heavy atom. The van der Waals surface area contributed by atoms with Gasteiger partial charge < -0.3 is 5.32 Å². The van der Waals surface area contributed by atoms with Crippen molar-refractivity contribution in [3.63, 3.8) is 0 Å². The zero-order valence-corrected chi connectivity index (χ0v) is 17.0. The molecule has 2 heterocycles. The molecule has 0 atom stereocenters. The molecule has 0 aliphatic rings. The molecule has 0 radical (unpaired) electrons. The van der Waals surface area contributed by atoms with Crippen molar-refractivity contribution in [2.24, 2.45) is 0 Å². The molecule has 2 N–H and O–H groups in total. The highest BCUT2D eigenvalue weighted by Gasteiger charge is 2.17. The average Bonchev–Trinajstić information content (AvgIpc) is 3.03. The minimum Gasteiger partial charge on any atom is -0.331 e. The van der Waals surface area contributed by atoms with Crippen molar-refractivity contribution < 1.29 is 0 Å². The molecule has 0 aliphatic carbocycles. The van der Waals surface area contributed by atoms with Gasteiger partial charge in [0, 0.05) is 16.1 Å². The Hall–Kier alpha value is -3.03. The second kappa shape index (κ2) is 7.53. The van der Waals surface area contributed by atoms with Gasteiger partial charge in [-0.1, -0.05) is 48.0 Å². The number of hydrogen-bond donors (Lipinski definition) is 2. The van der Waals surface area contributed by atoms with Gasteiger partial charge >= 0.3 is 0 Å². The highest BCUT2D eigenvalue weighted by Crippen LogP contribution is 2.35. The molecule has 2 aromatic heterocycles. The van der Waals surface area contributed by atoms with Crippen LogP contribution in [0.3, 0.4) is 0 Å². The molecule has 7 heteroatoms. The number of thiophene rings is 1. The van der Waals surface area contributed by atoms with Crippen molar-refractivity contribution in [3.8, 4) is 11.1 Å². The van der Waals surface area contributed by atoms with Crippen LogP contribution in [0.15, 0.2) is 65.7 Å². The molecule has 0 saturated carbocycles. The Morgan fingerprint density at radius 3 is 2.50 bits per heavy atom. The third-order valence-electron chi connectivity index (χ3n) is 4.38. The highest BCUT2D eigenvalue weighted by atomic mass is 32.1. The van der Waals surface area contributed by atoms with E-state index in [-0.39, 0.29) is 5.56 Å². The summed E-state index contributed by atoms with van der Waals surface area (Å²) in [6, 6.07) is 17.7. The highest BCUT2D eigenvalue weighted by molar-refractivity contribution is 7.80. The third kappa shape index (κ3) is 3.54. The molecule has 0 fully saturated rings. The van der Waals surface area contributed by atoms with Crippen LogP contribution in [-0.2, 0) is 0 Å². The normalized spacial score (nSPS) is 10.8. The fraction of sp³-hybridized carbons (Fsp3) is 0.0952. The number of anilines is 1. The second-order valence-electron chi connectivity index (χ2n) is 6.43. The minimum atomic E-state index is -0.179. The van der Waals surface area contributed by atoms with Crippen LogP contribution in [0.5, 0.6) is 0 Å². The van der Waals surface area contributed by atoms with Gasteiger partial charge in [-0.05, 0) is 43.8 Å². The number of benzene rings is 2. The molecule has 4 rings (SSSR count). The first kappa shape index (κ1) is 18.3. The van der Waals surface area contributed by atoms with E-state index < -0.39 is 0 Å². The van der Waals surface area contributed by atoms with E-state index in [2.05, 4.69) is 15.7 Å². The summed E-state index contributed by atoms with van der Waals surface area (Å²) >= 11 is 6.88. The smallest absolute Gasteiger partial charge is 0.281 e. The fourth-order valence-corrected chi connectivity index (χ4v) is 4.26. The van der Waals surface area contributed by atoms with Gasteiger partial charge in [0.1, 0.15) is 11.2 Å². The number of nitrogens with one attached hydrogen (secondary N) is 2. The van der Waals surface area contributed by atoms with E-state index >= 15 is 0 Å². The van der Waals surface area contributed by atoms with Gasteiger partial charge in [0.2, 0.25) is 0 Å². The molecule has 0 bridgehead atoms. The Kier molecular flexibility index (Phi) is 4.93. The monoisotopic (exact) mass is 406 g/mol. The van der Waals surface area contributed by atoms with Crippen molar-refractivity contribution >= 4 is 44.6 Å². The summed E-state index contributed by atoms with van der Waals surface area (Å²) in [5.41, 5.74) is 6.68. The molecule has 0 unspecified atom stereocenters. The van der Waals surface area contributed by atoms with E-state index in [1.165, 1.54) is 22.3 Å². The van der Waals surface area contributed by atoms with E-state index in [1.54, 1.807) is 0 Å². The number of aryl methyl sites for hydroxylation is 2. The quantitative estimate of drug-likeness (QED) is 0.484. The third-order valence-corrected chi connectivity index (χ3v) is 5.59. The summed E-state index contributed by atoms with van der Waals surface area (Å²) < 4.78 is 1.32. The zero-order chi connectivity index (χ0) is 19.7. The number of thiocarbonyl (C=S) groups is 1. The predicted octanol–water partition coefficient (Wildman–Crippen LogP) is 4.68. The molecule has 28 heavy (non-hydrogen) atoms. The van der Waals surface area contributed by atoms with Crippen LogP contribution in [0.4, 0.5) is 5.69 Å². The van der Waals surface area contributed by atoms with Gasteiger partial charge in [-0.15, -0.1) is 11.3 Å². The Labute approximate surface area is 171 Å². The zero-order valence-electron chi connectivity index (χ0n) is 15.4. The van der Waals surface area contributed by atoms with E-state index in [4.69, 9.17) is 12.2 Å². The molecule has 0 spiro atoms. The standard InChI is InChI=1S/C21H18N4OS2/c1-13-8-10-16(11-9-13)23-21(27)24-25-12-22-19-18(20(25)26)17(14(2)28-19)15-6-4-3-5-7-15/h3-12H,1-2H3,(H2,23,24,27). The SMILES string of the molecule is Cc1ccc(NC(=S)Nn2cnc3sc(C)c(-c4ccccc4)c3c2=O)cc1. The first-order chi connectivity index (χ1) is 13.5. The number of aromatic nitrogens is 2. The van der Waals surface area contributed by atoms with Gasteiger partial charge in [-0.3, -0.25) is 10.2 Å². The molecule has 4 aromatic rings. The van der Waals surface area contributed by atoms with Crippen LogP contribution in [-0.4, -0.2) is 14.8 Å². The van der Waals surface area contributed by atoms with Crippen molar-refractivity contribution in [2.45, 2.75) is 13.8 Å². The van der Waals surface area contributed by atoms with Crippen LogP contribution in [0.2, 0.25) is 0 Å². The average molecular weight is 407 g/mol. The fourth-order valence-electron chi connectivity index (χ4n) is 3.04. The summed E-state index contributed by atoms with van der Waals surface area (Å²) in [6.45, 7) is 4.03. The predicted molar refractivity (Wildman–Crippen MR) is 121 cm³/mol. The summed E-state index contributed by atoms with van der Waals surface area (Å²) in [5.74, 6) is 0. The molecule has 140 valence electrons.